The van der Waals surface area contributed by atoms with Gasteiger partial charge in [-0.15, -0.1) is 0 Å². The van der Waals surface area contributed by atoms with Crippen molar-refractivity contribution < 1.29 is 19.4 Å². The first kappa shape index (κ1) is 23.7. The molecule has 4 heteroatoms. The molecule has 0 aromatic carbocycles. The standard InChI is InChI=1S/C21H38O4/c1-4-5-6-12-15-19(25-21(24)18(2)3)16-13-10-8-7-9-11-14-17-20(22)23/h13,16,18-19H,4-12,14-15,17H2,1-3H3,(H,22,23)/b16-13+. The molecule has 0 heterocycles. The molecule has 0 aromatic rings. The van der Waals surface area contributed by atoms with E-state index < -0.39 is 5.97 Å². The summed E-state index contributed by atoms with van der Waals surface area (Å²) in [7, 11) is 0. The van der Waals surface area contributed by atoms with Gasteiger partial charge in [-0.05, 0) is 38.2 Å². The van der Waals surface area contributed by atoms with Gasteiger partial charge in [0.15, 0.2) is 0 Å². The largest absolute Gasteiger partial charge is 0.481 e. The number of hydrogen-bond donors (Lipinski definition) is 1. The Balaban J connectivity index is 3.97. The maximum absolute atomic E-state index is 11.8. The van der Waals surface area contributed by atoms with Gasteiger partial charge in [0.2, 0.25) is 0 Å². The van der Waals surface area contributed by atoms with Crippen LogP contribution >= 0.6 is 0 Å². The summed E-state index contributed by atoms with van der Waals surface area (Å²) in [6.07, 6.45) is 16.1. The minimum absolute atomic E-state index is 0.0858. The molecule has 0 aromatic heterocycles. The molecule has 25 heavy (non-hydrogen) atoms. The molecule has 0 aliphatic carbocycles. The van der Waals surface area contributed by atoms with Crippen LogP contribution in [0.25, 0.3) is 0 Å². The Morgan fingerprint density at radius 1 is 0.960 bits per heavy atom. The molecule has 1 N–H and O–H groups in total. The van der Waals surface area contributed by atoms with Crippen molar-refractivity contribution in [3.63, 3.8) is 0 Å². The maximum atomic E-state index is 11.8. The van der Waals surface area contributed by atoms with E-state index in [1.54, 1.807) is 0 Å². The Labute approximate surface area is 154 Å². The average Bonchev–Trinajstić information content (AvgIpc) is 2.56. The highest BCUT2D eigenvalue weighted by atomic mass is 16.5. The first-order chi connectivity index (χ1) is 12.0. The van der Waals surface area contributed by atoms with Crippen molar-refractivity contribution >= 4 is 11.9 Å². The third-order valence-electron chi connectivity index (χ3n) is 4.19. The van der Waals surface area contributed by atoms with Crippen molar-refractivity contribution in [1.82, 2.24) is 0 Å². The van der Waals surface area contributed by atoms with Crippen molar-refractivity contribution in [2.24, 2.45) is 5.92 Å². The minimum Gasteiger partial charge on any atom is -0.481 e. The highest BCUT2D eigenvalue weighted by Crippen LogP contribution is 2.13. The average molecular weight is 355 g/mol. The lowest BCUT2D eigenvalue weighted by Gasteiger charge is -2.16. The van der Waals surface area contributed by atoms with Crippen LogP contribution in [0.2, 0.25) is 0 Å². The Bertz CT molecular complexity index is 374. The predicted molar refractivity (Wildman–Crippen MR) is 103 cm³/mol. The molecule has 1 atom stereocenters. The molecule has 0 aliphatic rings. The lowest BCUT2D eigenvalue weighted by atomic mass is 10.1. The Hall–Kier alpha value is -1.32. The molecule has 0 radical (unpaired) electrons. The molecule has 0 fully saturated rings. The number of carbonyl (C=O) groups excluding carboxylic acids is 1. The highest BCUT2D eigenvalue weighted by Gasteiger charge is 2.14. The third kappa shape index (κ3) is 15.9. The highest BCUT2D eigenvalue weighted by molar-refractivity contribution is 5.71. The monoisotopic (exact) mass is 354 g/mol. The van der Waals surface area contributed by atoms with Crippen molar-refractivity contribution in [3.8, 4) is 0 Å². The second-order valence-electron chi connectivity index (χ2n) is 7.11. The fourth-order valence-corrected chi connectivity index (χ4v) is 2.57. The van der Waals surface area contributed by atoms with Gasteiger partial charge in [-0.2, -0.15) is 0 Å². The summed E-state index contributed by atoms with van der Waals surface area (Å²) in [5, 5.41) is 8.58. The number of carboxylic acids is 1. The smallest absolute Gasteiger partial charge is 0.308 e. The van der Waals surface area contributed by atoms with E-state index in [0.29, 0.717) is 0 Å². The van der Waals surface area contributed by atoms with E-state index in [1.165, 1.54) is 19.3 Å². The van der Waals surface area contributed by atoms with Crippen molar-refractivity contribution in [2.45, 2.75) is 104 Å². The number of carbonyl (C=O) groups is 2. The number of carboxylic acid groups (broad SMARTS) is 1. The first-order valence-corrected chi connectivity index (χ1v) is 10.1. The van der Waals surface area contributed by atoms with Gasteiger partial charge in [-0.1, -0.05) is 65.4 Å². The van der Waals surface area contributed by atoms with Gasteiger partial charge in [0.25, 0.3) is 0 Å². The Morgan fingerprint density at radius 2 is 1.60 bits per heavy atom. The molecule has 0 saturated heterocycles. The molecule has 146 valence electrons. The van der Waals surface area contributed by atoms with Crippen LogP contribution in [0, 0.1) is 5.92 Å². The van der Waals surface area contributed by atoms with E-state index in [4.69, 9.17) is 9.84 Å². The third-order valence-corrected chi connectivity index (χ3v) is 4.19. The number of esters is 1. The van der Waals surface area contributed by atoms with Crippen molar-refractivity contribution in [1.29, 1.82) is 0 Å². The zero-order valence-corrected chi connectivity index (χ0v) is 16.5. The number of allylic oxidation sites excluding steroid dienone is 1. The van der Waals surface area contributed by atoms with Crippen LogP contribution in [0.15, 0.2) is 12.2 Å². The SMILES string of the molecule is CCCCCCC(/C=C/CCCCCCCC(=O)O)OC(=O)C(C)C. The van der Waals surface area contributed by atoms with Crippen molar-refractivity contribution in [2.75, 3.05) is 0 Å². The van der Waals surface area contributed by atoms with Crippen LogP contribution in [0.4, 0.5) is 0 Å². The normalized spacial score (nSPS) is 12.6. The number of rotatable bonds is 16. The Morgan fingerprint density at radius 3 is 2.24 bits per heavy atom. The maximum Gasteiger partial charge on any atom is 0.308 e. The van der Waals surface area contributed by atoms with E-state index in [0.717, 1.165) is 51.4 Å². The van der Waals surface area contributed by atoms with Crippen LogP contribution in [-0.2, 0) is 14.3 Å². The van der Waals surface area contributed by atoms with Crippen LogP contribution < -0.4 is 0 Å². The number of unbranched alkanes of at least 4 members (excludes halogenated alkanes) is 8. The lowest BCUT2D eigenvalue weighted by molar-refractivity contribution is -0.151. The zero-order chi connectivity index (χ0) is 18.9. The molecule has 0 spiro atoms. The molecule has 4 nitrogen and oxygen atoms in total. The summed E-state index contributed by atoms with van der Waals surface area (Å²) in [5.74, 6) is -0.912. The fourth-order valence-electron chi connectivity index (χ4n) is 2.57. The van der Waals surface area contributed by atoms with E-state index in [-0.39, 0.29) is 24.4 Å². The summed E-state index contributed by atoms with van der Waals surface area (Å²) >= 11 is 0. The minimum atomic E-state index is -0.705. The molecule has 1 unspecified atom stereocenters. The van der Waals surface area contributed by atoms with Crippen molar-refractivity contribution in [3.05, 3.63) is 12.2 Å². The summed E-state index contributed by atoms with van der Waals surface area (Å²) in [6, 6.07) is 0. The lowest BCUT2D eigenvalue weighted by Crippen LogP contribution is -2.20. The van der Waals surface area contributed by atoms with Gasteiger partial charge in [-0.3, -0.25) is 9.59 Å². The zero-order valence-electron chi connectivity index (χ0n) is 16.5. The topological polar surface area (TPSA) is 63.6 Å². The van der Waals surface area contributed by atoms with E-state index >= 15 is 0 Å². The van der Waals surface area contributed by atoms with Crippen LogP contribution in [0.1, 0.15) is 97.8 Å². The van der Waals surface area contributed by atoms with E-state index in [9.17, 15) is 9.59 Å². The molecule has 0 aliphatic heterocycles. The molecule has 0 amide bonds. The second-order valence-corrected chi connectivity index (χ2v) is 7.11. The van der Waals surface area contributed by atoms with E-state index in [1.807, 2.05) is 13.8 Å². The number of aliphatic carboxylic acids is 1. The van der Waals surface area contributed by atoms with Gasteiger partial charge >= 0.3 is 11.9 Å². The van der Waals surface area contributed by atoms with Crippen LogP contribution in [0.5, 0.6) is 0 Å². The molecular weight excluding hydrogens is 316 g/mol. The molecule has 0 bridgehead atoms. The van der Waals surface area contributed by atoms with E-state index in [2.05, 4.69) is 19.1 Å². The molecule has 0 saturated carbocycles. The number of hydrogen-bond acceptors (Lipinski definition) is 3. The first-order valence-electron chi connectivity index (χ1n) is 10.1. The van der Waals surface area contributed by atoms with Gasteiger partial charge in [0.1, 0.15) is 6.10 Å². The number of ether oxygens (including phenoxy) is 1. The predicted octanol–water partition coefficient (Wildman–Crippen LogP) is 5.90. The van der Waals surface area contributed by atoms with Gasteiger partial charge < -0.3 is 9.84 Å². The summed E-state index contributed by atoms with van der Waals surface area (Å²) in [5.41, 5.74) is 0. The van der Waals surface area contributed by atoms with Crippen LogP contribution in [0.3, 0.4) is 0 Å². The Kier molecular flexibility index (Phi) is 15.3. The van der Waals surface area contributed by atoms with Crippen LogP contribution in [-0.4, -0.2) is 23.1 Å². The summed E-state index contributed by atoms with van der Waals surface area (Å²) in [4.78, 5) is 22.2. The fraction of sp³-hybridized carbons (Fsp3) is 0.810. The summed E-state index contributed by atoms with van der Waals surface area (Å²) < 4.78 is 5.59. The summed E-state index contributed by atoms with van der Waals surface area (Å²) in [6.45, 7) is 5.92. The molecular formula is C21H38O4. The quantitative estimate of drug-likeness (QED) is 0.213. The van der Waals surface area contributed by atoms with Gasteiger partial charge in [-0.25, -0.2) is 0 Å². The van der Waals surface area contributed by atoms with Gasteiger partial charge in [0, 0.05) is 6.42 Å². The van der Waals surface area contributed by atoms with Gasteiger partial charge in [0.05, 0.1) is 5.92 Å². The second kappa shape index (κ2) is 16.2. The molecule has 0 rings (SSSR count).